The summed E-state index contributed by atoms with van der Waals surface area (Å²) >= 11 is 12.3. The van der Waals surface area contributed by atoms with E-state index in [0.29, 0.717) is 20.6 Å². The normalized spacial score (nSPS) is 12.6. The molecule has 7 heteroatoms. The fourth-order valence-electron chi connectivity index (χ4n) is 1.87. The molecule has 4 nitrogen and oxygen atoms in total. The van der Waals surface area contributed by atoms with Gasteiger partial charge in [0.25, 0.3) is 0 Å². The summed E-state index contributed by atoms with van der Waals surface area (Å²) in [5, 5.41) is 5.32. The molecule has 0 radical (unpaired) electrons. The summed E-state index contributed by atoms with van der Waals surface area (Å²) in [7, 11) is 0.468. The van der Waals surface area contributed by atoms with E-state index >= 15 is 0 Å². The minimum absolute atomic E-state index is 0.255. The minimum atomic E-state index is -1.32. The Kier molecular flexibility index (Phi) is 4.73. The van der Waals surface area contributed by atoms with Crippen LogP contribution in [0.2, 0.25) is 10.0 Å². The van der Waals surface area contributed by atoms with Gasteiger partial charge in [-0.15, -0.1) is 0 Å². The van der Waals surface area contributed by atoms with Crippen molar-refractivity contribution in [2.24, 2.45) is 7.05 Å². The average Bonchev–Trinajstić information content (AvgIpc) is 2.68. The Hall–Kier alpha value is -1.04. The van der Waals surface area contributed by atoms with Crippen LogP contribution in [0.5, 0.6) is 0 Å². The fraction of sp³-hybridized carbons (Fsp3) is 0.308. The molecule has 0 aliphatic carbocycles. The summed E-state index contributed by atoms with van der Waals surface area (Å²) in [5.41, 5.74) is 7.78. The van der Waals surface area contributed by atoms with E-state index in [4.69, 9.17) is 28.9 Å². The summed E-state index contributed by atoms with van der Waals surface area (Å²) in [5.74, 6) is 0.255. The third-order valence-corrected chi connectivity index (χ3v) is 5.21. The quantitative estimate of drug-likeness (QED) is 0.875. The number of aryl methyl sites for hydroxylation is 2. The molecule has 0 saturated heterocycles. The van der Waals surface area contributed by atoms with Gasteiger partial charge in [-0.2, -0.15) is 5.10 Å². The van der Waals surface area contributed by atoms with Crippen molar-refractivity contribution in [2.75, 3.05) is 5.73 Å². The summed E-state index contributed by atoms with van der Waals surface area (Å²) in [6.45, 7) is 1.98. The fourth-order valence-corrected chi connectivity index (χ4v) is 3.98. The van der Waals surface area contributed by atoms with E-state index in [-0.39, 0.29) is 5.75 Å². The molecular formula is C13H15Cl2N3OS. The Morgan fingerprint density at radius 3 is 2.70 bits per heavy atom. The van der Waals surface area contributed by atoms with Crippen molar-refractivity contribution in [3.05, 3.63) is 39.6 Å². The van der Waals surface area contributed by atoms with Crippen molar-refractivity contribution in [1.29, 1.82) is 0 Å². The van der Waals surface area contributed by atoms with Crippen LogP contribution in [0, 0.1) is 0 Å². The highest BCUT2D eigenvalue weighted by molar-refractivity contribution is 7.84. The Morgan fingerprint density at radius 1 is 1.40 bits per heavy atom. The van der Waals surface area contributed by atoms with Crippen molar-refractivity contribution >= 4 is 39.7 Å². The van der Waals surface area contributed by atoms with Gasteiger partial charge >= 0.3 is 0 Å². The highest BCUT2D eigenvalue weighted by Crippen LogP contribution is 2.27. The number of benzene rings is 1. The first-order chi connectivity index (χ1) is 9.43. The van der Waals surface area contributed by atoms with Crippen LogP contribution in [-0.4, -0.2) is 14.0 Å². The lowest BCUT2D eigenvalue weighted by molar-refractivity contribution is 0.675. The average molecular weight is 332 g/mol. The van der Waals surface area contributed by atoms with E-state index in [1.165, 1.54) is 0 Å². The molecule has 0 aliphatic rings. The van der Waals surface area contributed by atoms with Gasteiger partial charge < -0.3 is 5.73 Å². The van der Waals surface area contributed by atoms with E-state index in [1.54, 1.807) is 29.9 Å². The first kappa shape index (κ1) is 15.4. The molecule has 1 aromatic heterocycles. The van der Waals surface area contributed by atoms with Crippen molar-refractivity contribution in [3.63, 3.8) is 0 Å². The van der Waals surface area contributed by atoms with Crippen molar-refractivity contribution in [3.8, 4) is 0 Å². The molecule has 1 unspecified atom stereocenters. The van der Waals surface area contributed by atoms with E-state index in [2.05, 4.69) is 5.10 Å². The van der Waals surface area contributed by atoms with Crippen LogP contribution in [-0.2, 0) is 30.0 Å². The van der Waals surface area contributed by atoms with Gasteiger partial charge in [-0.05, 0) is 24.6 Å². The number of nitrogen functional groups attached to an aromatic ring is 1. The summed E-state index contributed by atoms with van der Waals surface area (Å²) in [6, 6.07) is 4.95. The smallest absolute Gasteiger partial charge is 0.0859 e. The molecule has 1 aromatic carbocycles. The molecule has 0 fully saturated rings. The van der Waals surface area contributed by atoms with Crippen LogP contribution >= 0.6 is 23.2 Å². The standard InChI is InChI=1S/C13H15Cl2N3OS/c1-3-10-13(15)11(18(2)17-10)7-20(19)12-6-8(16)4-5-9(12)14/h4-6H,3,7,16H2,1-2H3. The molecule has 0 amide bonds. The van der Waals surface area contributed by atoms with Crippen LogP contribution in [0.4, 0.5) is 5.69 Å². The zero-order valence-corrected chi connectivity index (χ0v) is 13.5. The van der Waals surface area contributed by atoms with Crippen LogP contribution in [0.1, 0.15) is 18.3 Å². The number of hydrogen-bond donors (Lipinski definition) is 1. The molecule has 2 aromatic rings. The largest absolute Gasteiger partial charge is 0.399 e. The van der Waals surface area contributed by atoms with Crippen molar-refractivity contribution < 1.29 is 4.21 Å². The van der Waals surface area contributed by atoms with Gasteiger partial charge in [0.15, 0.2) is 0 Å². The number of aromatic nitrogens is 2. The van der Waals surface area contributed by atoms with Crippen LogP contribution in [0.15, 0.2) is 23.1 Å². The zero-order chi connectivity index (χ0) is 14.9. The Labute approximate surface area is 130 Å². The molecule has 0 spiro atoms. The lowest BCUT2D eigenvalue weighted by Crippen LogP contribution is -2.04. The second-order valence-corrected chi connectivity index (χ2v) is 6.57. The van der Waals surface area contributed by atoms with E-state index < -0.39 is 10.8 Å². The van der Waals surface area contributed by atoms with Gasteiger partial charge in [-0.3, -0.25) is 8.89 Å². The van der Waals surface area contributed by atoms with Gasteiger partial charge in [0, 0.05) is 12.7 Å². The molecular weight excluding hydrogens is 317 g/mol. The maximum absolute atomic E-state index is 12.5. The van der Waals surface area contributed by atoms with E-state index in [9.17, 15) is 4.21 Å². The van der Waals surface area contributed by atoms with Crippen LogP contribution < -0.4 is 5.73 Å². The van der Waals surface area contributed by atoms with Gasteiger partial charge in [0.1, 0.15) is 0 Å². The molecule has 20 heavy (non-hydrogen) atoms. The summed E-state index contributed by atoms with van der Waals surface area (Å²) in [4.78, 5) is 0.516. The molecule has 0 saturated carbocycles. The topological polar surface area (TPSA) is 60.9 Å². The first-order valence-corrected chi connectivity index (χ1v) is 8.15. The molecule has 1 heterocycles. The number of nitrogens with two attached hydrogens (primary N) is 1. The molecule has 1 atom stereocenters. The lowest BCUT2D eigenvalue weighted by Gasteiger charge is -2.06. The number of anilines is 1. The Bertz CT molecular complexity index is 670. The van der Waals surface area contributed by atoms with Gasteiger partial charge in [0.2, 0.25) is 0 Å². The SMILES string of the molecule is CCc1nn(C)c(CS(=O)c2cc(N)ccc2Cl)c1Cl. The molecule has 108 valence electrons. The third-order valence-electron chi connectivity index (χ3n) is 2.97. The predicted octanol–water partition coefficient (Wildman–Crippen LogP) is 3.18. The van der Waals surface area contributed by atoms with Crippen LogP contribution in [0.25, 0.3) is 0 Å². The van der Waals surface area contributed by atoms with Crippen molar-refractivity contribution in [1.82, 2.24) is 9.78 Å². The molecule has 2 N–H and O–H groups in total. The number of hydrogen-bond acceptors (Lipinski definition) is 3. The summed E-state index contributed by atoms with van der Waals surface area (Å²) in [6.07, 6.45) is 0.734. The number of rotatable bonds is 4. The maximum Gasteiger partial charge on any atom is 0.0859 e. The van der Waals surface area contributed by atoms with Gasteiger partial charge in [-0.1, -0.05) is 30.1 Å². The van der Waals surface area contributed by atoms with Gasteiger partial charge in [0.05, 0.1) is 42.9 Å². The van der Waals surface area contributed by atoms with Crippen LogP contribution in [0.3, 0.4) is 0 Å². The van der Waals surface area contributed by atoms with Crippen molar-refractivity contribution in [2.45, 2.75) is 24.0 Å². The first-order valence-electron chi connectivity index (χ1n) is 6.07. The molecule has 2 rings (SSSR count). The monoisotopic (exact) mass is 331 g/mol. The lowest BCUT2D eigenvalue weighted by atomic mass is 10.3. The number of halogens is 2. The molecule has 0 aliphatic heterocycles. The predicted molar refractivity (Wildman–Crippen MR) is 83.6 cm³/mol. The minimum Gasteiger partial charge on any atom is -0.399 e. The highest BCUT2D eigenvalue weighted by Gasteiger charge is 2.18. The zero-order valence-electron chi connectivity index (χ0n) is 11.2. The Morgan fingerprint density at radius 2 is 2.10 bits per heavy atom. The van der Waals surface area contributed by atoms with Gasteiger partial charge in [-0.25, -0.2) is 0 Å². The maximum atomic E-state index is 12.5. The van der Waals surface area contributed by atoms with E-state index in [0.717, 1.165) is 17.8 Å². The molecule has 0 bridgehead atoms. The Balaban J connectivity index is 2.33. The van der Waals surface area contributed by atoms with E-state index in [1.807, 2.05) is 6.92 Å². The third kappa shape index (κ3) is 3.00. The number of nitrogens with zero attached hydrogens (tertiary/aromatic N) is 2. The second kappa shape index (κ2) is 6.16. The second-order valence-electron chi connectivity index (χ2n) is 4.36. The highest BCUT2D eigenvalue weighted by atomic mass is 35.5. The summed E-state index contributed by atoms with van der Waals surface area (Å²) < 4.78 is 14.1.